The summed E-state index contributed by atoms with van der Waals surface area (Å²) >= 11 is 0. The number of hydrogen-bond donors (Lipinski definition) is 3. The summed E-state index contributed by atoms with van der Waals surface area (Å²) in [6.45, 7) is 4.37. The van der Waals surface area contributed by atoms with Crippen LogP contribution in [-0.4, -0.2) is 64.1 Å². The predicted octanol–water partition coefficient (Wildman–Crippen LogP) is -1.16. The number of primary sulfonamides is 2. The van der Waals surface area contributed by atoms with Gasteiger partial charge in [-0.3, -0.25) is 0 Å². The van der Waals surface area contributed by atoms with Gasteiger partial charge in [0, 0.05) is 0 Å². The predicted molar refractivity (Wildman–Crippen MR) is 115 cm³/mol. The Labute approximate surface area is 191 Å². The molecule has 16 heteroatoms. The zero-order valence-corrected chi connectivity index (χ0v) is 19.6. The molecular weight excluding hydrogens is 476 g/mol. The topological polar surface area (TPSA) is 211 Å². The van der Waals surface area contributed by atoms with Crippen molar-refractivity contribution in [2.45, 2.75) is 55.8 Å². The first-order valence-corrected chi connectivity index (χ1v) is 12.6. The average molecular weight is 503 g/mol. The summed E-state index contributed by atoms with van der Waals surface area (Å²) in [5.41, 5.74) is 1.07. The van der Waals surface area contributed by atoms with Gasteiger partial charge in [-0.15, -0.1) is 10.2 Å². The molecule has 2 aromatic heterocycles. The molecule has 0 aliphatic heterocycles. The van der Waals surface area contributed by atoms with Crippen molar-refractivity contribution in [2.75, 3.05) is 0 Å². The second kappa shape index (κ2) is 11.4. The van der Waals surface area contributed by atoms with Crippen LogP contribution in [0.25, 0.3) is 0 Å². The molecule has 0 amide bonds. The largest absolute Gasteiger partial charge is 0.391 e. The number of aromatic nitrogens is 6. The summed E-state index contributed by atoms with van der Waals surface area (Å²) in [6, 6.07) is 9.76. The maximum absolute atomic E-state index is 11.1. The van der Waals surface area contributed by atoms with Gasteiger partial charge < -0.3 is 9.84 Å². The minimum absolute atomic E-state index is 0.134. The molecule has 0 spiro atoms. The van der Waals surface area contributed by atoms with E-state index in [9.17, 15) is 16.8 Å². The summed E-state index contributed by atoms with van der Waals surface area (Å²) in [5.74, 6) is 0. The molecule has 2 heterocycles. The van der Waals surface area contributed by atoms with E-state index < -0.39 is 26.2 Å². The van der Waals surface area contributed by atoms with E-state index in [4.69, 9.17) is 20.1 Å². The molecule has 2 atom stereocenters. The normalized spacial score (nSPS) is 13.7. The van der Waals surface area contributed by atoms with Gasteiger partial charge in [0.2, 0.25) is 10.1 Å². The number of nitrogens with two attached hydrogens (primary N) is 2. The van der Waals surface area contributed by atoms with Crippen LogP contribution < -0.4 is 10.3 Å². The maximum Gasteiger partial charge on any atom is 0.259 e. The van der Waals surface area contributed by atoms with Crippen molar-refractivity contribution in [1.82, 2.24) is 30.0 Å². The first-order chi connectivity index (χ1) is 15.3. The molecule has 0 unspecified atom stereocenters. The van der Waals surface area contributed by atoms with Crippen molar-refractivity contribution in [1.29, 1.82) is 0 Å². The number of nitrogens with zero attached hydrogens (tertiary/aromatic N) is 6. The highest BCUT2D eigenvalue weighted by molar-refractivity contribution is 7.89. The number of ether oxygens (including phenoxy) is 1. The molecule has 0 radical (unpaired) electrons. The number of aliphatic hydroxyl groups excluding tert-OH is 1. The molecule has 0 saturated heterocycles. The van der Waals surface area contributed by atoms with E-state index in [1.54, 1.807) is 6.92 Å². The summed E-state index contributed by atoms with van der Waals surface area (Å²) in [5, 5.41) is 32.9. The van der Waals surface area contributed by atoms with Gasteiger partial charge in [0.1, 0.15) is 0 Å². The minimum atomic E-state index is -3.81. The van der Waals surface area contributed by atoms with Gasteiger partial charge in [-0.1, -0.05) is 30.3 Å². The van der Waals surface area contributed by atoms with E-state index in [1.165, 1.54) is 4.80 Å². The van der Waals surface area contributed by atoms with Crippen molar-refractivity contribution in [3.63, 3.8) is 0 Å². The van der Waals surface area contributed by atoms with Crippen LogP contribution in [0.5, 0.6) is 0 Å². The lowest BCUT2D eigenvalue weighted by atomic mass is 10.2. The lowest BCUT2D eigenvalue weighted by Gasteiger charge is -2.12. The molecular formula is C17H26N8O6S2. The maximum atomic E-state index is 11.1. The lowest BCUT2D eigenvalue weighted by molar-refractivity contribution is 0.0366. The van der Waals surface area contributed by atoms with Crippen LogP contribution >= 0.6 is 0 Å². The Bertz CT molecular complexity index is 1230. The monoisotopic (exact) mass is 502 g/mol. The van der Waals surface area contributed by atoms with Crippen LogP contribution in [0.15, 0.2) is 52.8 Å². The molecule has 0 aliphatic rings. The van der Waals surface area contributed by atoms with E-state index in [0.717, 1.165) is 22.8 Å². The van der Waals surface area contributed by atoms with Crippen molar-refractivity contribution in [2.24, 2.45) is 10.3 Å². The Morgan fingerprint density at radius 3 is 1.82 bits per heavy atom. The summed E-state index contributed by atoms with van der Waals surface area (Å²) < 4.78 is 49.3. The van der Waals surface area contributed by atoms with Crippen LogP contribution in [-0.2, 0) is 44.5 Å². The fourth-order valence-electron chi connectivity index (χ4n) is 2.33. The third kappa shape index (κ3) is 9.32. The van der Waals surface area contributed by atoms with Gasteiger partial charge in [0.05, 0.1) is 44.3 Å². The van der Waals surface area contributed by atoms with Gasteiger partial charge in [0.15, 0.2) is 0 Å². The standard InChI is InChI=1S/C12H16N4O3S.C5H10N4O3S/c1-10(19-9-11-5-3-2-4-6-11)8-16-14-7-12(15-16)20(13,17)18;1-4(10)3-9-7-2-5(8-9)13(6,11)12/h2-7,10H,8-9H2,1H3,(H2,13,17,18);2,4,10H,3H2,1H3,(H2,6,11,12)/t10-;4-/m11/s1. The Balaban J connectivity index is 0.000000257. The van der Waals surface area contributed by atoms with Crippen LogP contribution in [0, 0.1) is 0 Å². The molecule has 14 nitrogen and oxygen atoms in total. The third-order valence-corrected chi connectivity index (χ3v) is 5.38. The molecule has 1 aromatic carbocycles. The summed E-state index contributed by atoms with van der Waals surface area (Å²) in [6.07, 6.45) is 1.37. The minimum Gasteiger partial charge on any atom is -0.391 e. The molecule has 5 N–H and O–H groups in total. The molecule has 0 bridgehead atoms. The van der Waals surface area contributed by atoms with Crippen molar-refractivity contribution in [3.05, 3.63) is 48.3 Å². The Morgan fingerprint density at radius 1 is 0.909 bits per heavy atom. The molecule has 3 rings (SSSR count). The molecule has 0 aliphatic carbocycles. The van der Waals surface area contributed by atoms with E-state index in [1.807, 2.05) is 37.3 Å². The molecule has 182 valence electrons. The SMILES string of the molecule is C[C@@H](O)Cn1ncc(S(N)(=O)=O)n1.C[C@H](Cn1ncc(S(N)(=O)=O)n1)OCc1ccccc1. The Hall–Kier alpha value is -2.76. The zero-order chi connectivity index (χ0) is 24.6. The van der Waals surface area contributed by atoms with Gasteiger partial charge >= 0.3 is 0 Å². The average Bonchev–Trinajstić information content (AvgIpc) is 3.37. The first kappa shape index (κ1) is 26.5. The van der Waals surface area contributed by atoms with E-state index in [-0.39, 0.29) is 22.7 Å². The van der Waals surface area contributed by atoms with Crippen LogP contribution in [0.1, 0.15) is 19.4 Å². The Kier molecular flexibility index (Phi) is 9.15. The zero-order valence-electron chi connectivity index (χ0n) is 18.0. The molecule has 3 aromatic rings. The van der Waals surface area contributed by atoms with E-state index in [0.29, 0.717) is 13.2 Å². The molecule has 0 fully saturated rings. The van der Waals surface area contributed by atoms with Crippen molar-refractivity contribution < 1.29 is 26.7 Å². The number of benzene rings is 1. The highest BCUT2D eigenvalue weighted by atomic mass is 32.2. The number of rotatable bonds is 9. The highest BCUT2D eigenvalue weighted by Gasteiger charge is 2.14. The highest BCUT2D eigenvalue weighted by Crippen LogP contribution is 2.05. The second-order valence-electron chi connectivity index (χ2n) is 7.02. The van der Waals surface area contributed by atoms with Gasteiger partial charge in [-0.2, -0.15) is 19.8 Å². The smallest absolute Gasteiger partial charge is 0.259 e. The van der Waals surface area contributed by atoms with E-state index in [2.05, 4.69) is 20.4 Å². The lowest BCUT2D eigenvalue weighted by Crippen LogP contribution is -2.19. The number of sulfonamides is 2. The molecule has 0 saturated carbocycles. The van der Waals surface area contributed by atoms with Gasteiger partial charge in [-0.05, 0) is 19.4 Å². The third-order valence-electron chi connectivity index (χ3n) is 3.84. The fraction of sp³-hybridized carbons (Fsp3) is 0.412. The summed E-state index contributed by atoms with van der Waals surface area (Å²) in [7, 11) is -7.60. The van der Waals surface area contributed by atoms with Gasteiger partial charge in [-0.25, -0.2) is 27.1 Å². The van der Waals surface area contributed by atoms with Crippen LogP contribution in [0.4, 0.5) is 0 Å². The second-order valence-corrected chi connectivity index (χ2v) is 10.0. The van der Waals surface area contributed by atoms with Crippen molar-refractivity contribution >= 4 is 20.0 Å². The Morgan fingerprint density at radius 2 is 1.39 bits per heavy atom. The molecule has 33 heavy (non-hydrogen) atoms. The van der Waals surface area contributed by atoms with Gasteiger partial charge in [0.25, 0.3) is 20.0 Å². The van der Waals surface area contributed by atoms with Crippen molar-refractivity contribution in [3.8, 4) is 0 Å². The summed E-state index contributed by atoms with van der Waals surface area (Å²) in [4.78, 5) is 2.33. The first-order valence-electron chi connectivity index (χ1n) is 9.54. The fourth-order valence-corrected chi connectivity index (χ4v) is 3.14. The number of aliphatic hydroxyl groups is 1. The van der Waals surface area contributed by atoms with Crippen LogP contribution in [0.2, 0.25) is 0 Å². The van der Waals surface area contributed by atoms with Crippen LogP contribution in [0.3, 0.4) is 0 Å². The van der Waals surface area contributed by atoms with E-state index >= 15 is 0 Å². The number of hydrogen-bond acceptors (Lipinski definition) is 10. The quantitative estimate of drug-likeness (QED) is 0.319.